The lowest BCUT2D eigenvalue weighted by molar-refractivity contribution is 0.0927. The van der Waals surface area contributed by atoms with Gasteiger partial charge in [0.1, 0.15) is 0 Å². The Hall–Kier alpha value is -3.26. The summed E-state index contributed by atoms with van der Waals surface area (Å²) in [6.45, 7) is 2.12. The first-order valence-electron chi connectivity index (χ1n) is 9.89. The molecule has 3 aromatic rings. The highest BCUT2D eigenvalue weighted by atomic mass is 16.2. The van der Waals surface area contributed by atoms with E-state index in [1.165, 1.54) is 0 Å². The Bertz CT molecular complexity index is 1090. The number of para-hydroxylation sites is 1. The number of nitrogens with one attached hydrogen (secondary N) is 2. The molecular formula is C21H22N6O2. The third-order valence-electron chi connectivity index (χ3n) is 5.92. The summed E-state index contributed by atoms with van der Waals surface area (Å²) in [5.41, 5.74) is 2.14. The summed E-state index contributed by atoms with van der Waals surface area (Å²) in [6.07, 6.45) is 2.64. The molecule has 5 rings (SSSR count). The standard InChI is InChI=1S/C21H22N6O2/c28-20-8-4-7-18-14-9-15(11-22-10-14)19(27(18)20)12-23-21(29)17-13-26(25-24-17)16-5-2-1-3-6-16/h1-8,13-15,19,22H,9-12H2,(H,23,29)/t14-,15+,19+/m1/s1. The van der Waals surface area contributed by atoms with Gasteiger partial charge in [0.15, 0.2) is 5.69 Å². The maximum absolute atomic E-state index is 12.7. The van der Waals surface area contributed by atoms with Crippen LogP contribution in [0.15, 0.2) is 59.5 Å². The number of fused-ring (bicyclic) bond motifs is 4. The van der Waals surface area contributed by atoms with Crippen molar-refractivity contribution in [3.8, 4) is 5.69 Å². The van der Waals surface area contributed by atoms with Crippen molar-refractivity contribution >= 4 is 5.91 Å². The zero-order valence-electron chi connectivity index (χ0n) is 15.9. The molecule has 0 aliphatic carbocycles. The highest BCUT2D eigenvalue weighted by molar-refractivity contribution is 5.91. The van der Waals surface area contributed by atoms with E-state index in [9.17, 15) is 9.59 Å². The van der Waals surface area contributed by atoms with Gasteiger partial charge in [0, 0.05) is 37.3 Å². The molecule has 0 radical (unpaired) electrons. The smallest absolute Gasteiger partial charge is 0.273 e. The van der Waals surface area contributed by atoms with Gasteiger partial charge in [-0.1, -0.05) is 29.5 Å². The summed E-state index contributed by atoms with van der Waals surface area (Å²) in [5, 5.41) is 14.5. The zero-order chi connectivity index (χ0) is 19.8. The lowest BCUT2D eigenvalue weighted by Gasteiger charge is -2.43. The highest BCUT2D eigenvalue weighted by Crippen LogP contribution is 2.38. The molecule has 2 aliphatic heterocycles. The molecule has 2 aliphatic rings. The number of aromatic nitrogens is 4. The van der Waals surface area contributed by atoms with Crippen molar-refractivity contribution in [3.63, 3.8) is 0 Å². The Balaban J connectivity index is 1.35. The van der Waals surface area contributed by atoms with Crippen LogP contribution in [0.1, 0.15) is 34.6 Å². The van der Waals surface area contributed by atoms with Gasteiger partial charge in [-0.05, 0) is 30.5 Å². The van der Waals surface area contributed by atoms with Crippen LogP contribution in [0.3, 0.4) is 0 Å². The molecule has 1 saturated heterocycles. The van der Waals surface area contributed by atoms with Gasteiger partial charge in [-0.15, -0.1) is 5.10 Å². The molecule has 2 aromatic heterocycles. The average molecular weight is 390 g/mol. The number of carbonyl (C=O) groups is 1. The Labute approximate surface area is 167 Å². The van der Waals surface area contributed by atoms with Gasteiger partial charge in [-0.2, -0.15) is 0 Å². The van der Waals surface area contributed by atoms with E-state index in [4.69, 9.17) is 0 Å². The lowest BCUT2D eigenvalue weighted by atomic mass is 9.79. The SMILES string of the molecule is O=C(NC[C@H]1[C@@H]2CNC[C@@H](C2)c2cccc(=O)n21)c1cn(-c2ccccc2)nn1. The van der Waals surface area contributed by atoms with E-state index < -0.39 is 0 Å². The van der Waals surface area contributed by atoms with Crippen LogP contribution < -0.4 is 16.2 Å². The quantitative estimate of drug-likeness (QED) is 0.696. The molecule has 2 bridgehead atoms. The normalized spacial score (nSPS) is 22.7. The summed E-state index contributed by atoms with van der Waals surface area (Å²) in [7, 11) is 0. The molecule has 1 amide bonds. The number of pyridine rings is 1. The van der Waals surface area contributed by atoms with Crippen LogP contribution in [0.2, 0.25) is 0 Å². The second-order valence-corrected chi connectivity index (χ2v) is 7.67. The fraction of sp³-hybridized carbons (Fsp3) is 0.333. The van der Waals surface area contributed by atoms with Crippen LogP contribution in [0.4, 0.5) is 0 Å². The van der Waals surface area contributed by atoms with E-state index in [2.05, 4.69) is 20.9 Å². The predicted molar refractivity (Wildman–Crippen MR) is 107 cm³/mol. The van der Waals surface area contributed by atoms with Crippen molar-refractivity contribution in [2.24, 2.45) is 5.92 Å². The third-order valence-corrected chi connectivity index (χ3v) is 5.92. The molecule has 1 fully saturated rings. The van der Waals surface area contributed by atoms with Gasteiger partial charge < -0.3 is 15.2 Å². The summed E-state index contributed by atoms with van der Waals surface area (Å²) < 4.78 is 3.45. The lowest BCUT2D eigenvalue weighted by Crippen LogP contribution is -2.50. The van der Waals surface area contributed by atoms with Crippen molar-refractivity contribution in [2.45, 2.75) is 18.4 Å². The van der Waals surface area contributed by atoms with E-state index in [-0.39, 0.29) is 23.2 Å². The topological polar surface area (TPSA) is 93.8 Å². The van der Waals surface area contributed by atoms with Gasteiger partial charge in [0.25, 0.3) is 11.5 Å². The first kappa shape index (κ1) is 17.8. The minimum Gasteiger partial charge on any atom is -0.348 e. The molecule has 148 valence electrons. The number of rotatable bonds is 4. The van der Waals surface area contributed by atoms with Crippen molar-refractivity contribution in [1.29, 1.82) is 0 Å². The van der Waals surface area contributed by atoms with Crippen LogP contribution in [-0.2, 0) is 0 Å². The fourth-order valence-electron chi connectivity index (χ4n) is 4.53. The summed E-state index contributed by atoms with van der Waals surface area (Å²) in [4.78, 5) is 25.3. The molecule has 8 heteroatoms. The predicted octanol–water partition coefficient (Wildman–Crippen LogP) is 1.11. The summed E-state index contributed by atoms with van der Waals surface area (Å²) in [5.74, 6) is 0.366. The summed E-state index contributed by atoms with van der Waals surface area (Å²) >= 11 is 0. The Morgan fingerprint density at radius 3 is 2.86 bits per heavy atom. The van der Waals surface area contributed by atoms with Crippen molar-refractivity contribution in [1.82, 2.24) is 30.2 Å². The summed E-state index contributed by atoms with van der Waals surface area (Å²) in [6, 6.07) is 14.9. The molecule has 1 aromatic carbocycles. The molecule has 8 nitrogen and oxygen atoms in total. The molecule has 0 unspecified atom stereocenters. The molecular weight excluding hydrogens is 368 g/mol. The maximum atomic E-state index is 12.7. The van der Waals surface area contributed by atoms with E-state index >= 15 is 0 Å². The number of hydrogen-bond donors (Lipinski definition) is 2. The van der Waals surface area contributed by atoms with E-state index in [0.717, 1.165) is 30.9 Å². The molecule has 3 atom stereocenters. The minimum atomic E-state index is -0.288. The Morgan fingerprint density at radius 2 is 2.00 bits per heavy atom. The van der Waals surface area contributed by atoms with Crippen LogP contribution in [0.5, 0.6) is 0 Å². The van der Waals surface area contributed by atoms with Gasteiger partial charge in [-0.25, -0.2) is 4.68 Å². The second-order valence-electron chi connectivity index (χ2n) is 7.67. The number of carbonyl (C=O) groups excluding carboxylic acids is 1. The average Bonchev–Trinajstić information content (AvgIpc) is 3.25. The third kappa shape index (κ3) is 3.25. The van der Waals surface area contributed by atoms with Crippen LogP contribution >= 0.6 is 0 Å². The van der Waals surface area contributed by atoms with Gasteiger partial charge in [0.05, 0.1) is 17.9 Å². The highest BCUT2D eigenvalue weighted by Gasteiger charge is 2.37. The van der Waals surface area contributed by atoms with Gasteiger partial charge in [0.2, 0.25) is 0 Å². The number of nitrogens with zero attached hydrogens (tertiary/aromatic N) is 4. The number of amides is 1. The zero-order valence-corrected chi connectivity index (χ0v) is 15.9. The van der Waals surface area contributed by atoms with Crippen molar-refractivity contribution in [3.05, 3.63) is 76.5 Å². The van der Waals surface area contributed by atoms with Crippen molar-refractivity contribution < 1.29 is 4.79 Å². The number of benzene rings is 1. The maximum Gasteiger partial charge on any atom is 0.273 e. The number of hydrogen-bond acceptors (Lipinski definition) is 5. The van der Waals surface area contributed by atoms with E-state index in [0.29, 0.717) is 18.4 Å². The van der Waals surface area contributed by atoms with Crippen LogP contribution in [-0.4, -0.2) is 45.1 Å². The van der Waals surface area contributed by atoms with E-state index in [1.54, 1.807) is 16.9 Å². The molecule has 4 heterocycles. The van der Waals surface area contributed by atoms with E-state index in [1.807, 2.05) is 47.0 Å². The first-order valence-corrected chi connectivity index (χ1v) is 9.89. The van der Waals surface area contributed by atoms with Gasteiger partial charge in [-0.3, -0.25) is 9.59 Å². The number of piperidine rings is 1. The Morgan fingerprint density at radius 1 is 1.14 bits per heavy atom. The molecule has 2 N–H and O–H groups in total. The molecule has 0 saturated carbocycles. The monoisotopic (exact) mass is 390 g/mol. The minimum absolute atomic E-state index is 0.00614. The first-order chi connectivity index (χ1) is 14.2. The Kier molecular flexibility index (Phi) is 4.48. The van der Waals surface area contributed by atoms with Crippen LogP contribution in [0.25, 0.3) is 5.69 Å². The van der Waals surface area contributed by atoms with Crippen molar-refractivity contribution in [2.75, 3.05) is 19.6 Å². The fourth-order valence-corrected chi connectivity index (χ4v) is 4.53. The molecule has 0 spiro atoms. The second kappa shape index (κ2) is 7.29. The van der Waals surface area contributed by atoms with Gasteiger partial charge >= 0.3 is 0 Å². The molecule has 29 heavy (non-hydrogen) atoms. The van der Waals surface area contributed by atoms with Crippen LogP contribution in [0, 0.1) is 5.92 Å². The largest absolute Gasteiger partial charge is 0.348 e.